The normalized spacial score (nSPS) is 12.6. The van der Waals surface area contributed by atoms with Crippen molar-refractivity contribution in [3.05, 3.63) is 28.8 Å². The Morgan fingerprint density at radius 2 is 2.11 bits per heavy atom. The van der Waals surface area contributed by atoms with Gasteiger partial charge in [0.25, 0.3) is 0 Å². The summed E-state index contributed by atoms with van der Waals surface area (Å²) in [5.74, 6) is -0.301. The number of rotatable bonds is 4. The minimum Gasteiger partial charge on any atom is -0.492 e. The van der Waals surface area contributed by atoms with E-state index in [0.29, 0.717) is 0 Å². The molecule has 0 atom stereocenters. The number of alkyl halides is 3. The Balaban J connectivity index is 2.86. The fourth-order valence-electron chi connectivity index (χ4n) is 1.20. The highest BCUT2D eigenvalue weighted by Gasteiger charge is 2.27. The first-order valence-electron chi connectivity index (χ1n) is 4.81. The predicted molar refractivity (Wildman–Crippen MR) is 60.1 cm³/mol. The van der Waals surface area contributed by atoms with Crippen molar-refractivity contribution in [2.24, 2.45) is 10.9 Å². The molecule has 1 aromatic rings. The maximum atomic E-state index is 12.0. The highest BCUT2D eigenvalue weighted by atomic mass is 35.5. The first-order chi connectivity index (χ1) is 8.35. The summed E-state index contributed by atoms with van der Waals surface area (Å²) in [6, 6.07) is 4.32. The molecule has 0 radical (unpaired) electrons. The Morgan fingerprint density at radius 1 is 1.44 bits per heavy atom. The van der Waals surface area contributed by atoms with Crippen LogP contribution in [0, 0.1) is 0 Å². The molecular weight excluding hydrogens is 273 g/mol. The van der Waals surface area contributed by atoms with Gasteiger partial charge < -0.3 is 15.7 Å². The minimum atomic E-state index is -4.31. The zero-order chi connectivity index (χ0) is 13.8. The molecular formula is C10H10ClF3N2O2. The quantitative estimate of drug-likeness (QED) is 0.386. The average molecular weight is 283 g/mol. The van der Waals surface area contributed by atoms with Crippen molar-refractivity contribution >= 4 is 17.4 Å². The molecule has 18 heavy (non-hydrogen) atoms. The molecule has 1 rings (SSSR count). The maximum absolute atomic E-state index is 12.0. The Bertz CT molecular complexity index is 449. The molecule has 0 spiro atoms. The summed E-state index contributed by atoms with van der Waals surface area (Å²) in [5, 5.41) is 11.4. The van der Waals surface area contributed by atoms with Gasteiger partial charge in [-0.2, -0.15) is 13.2 Å². The lowest BCUT2D eigenvalue weighted by Gasteiger charge is -2.12. The van der Waals surface area contributed by atoms with E-state index >= 15 is 0 Å². The highest BCUT2D eigenvalue weighted by Crippen LogP contribution is 2.27. The van der Waals surface area contributed by atoms with Gasteiger partial charge in [0.15, 0.2) is 5.84 Å². The van der Waals surface area contributed by atoms with Gasteiger partial charge >= 0.3 is 6.18 Å². The van der Waals surface area contributed by atoms with Gasteiger partial charge in [-0.1, -0.05) is 22.8 Å². The number of halogens is 4. The van der Waals surface area contributed by atoms with Gasteiger partial charge in [0.1, 0.15) is 5.75 Å². The van der Waals surface area contributed by atoms with Crippen molar-refractivity contribution in [3.63, 3.8) is 0 Å². The number of benzene rings is 1. The van der Waals surface area contributed by atoms with Gasteiger partial charge in [0.05, 0.1) is 23.6 Å². The lowest BCUT2D eigenvalue weighted by atomic mass is 10.2. The van der Waals surface area contributed by atoms with Crippen molar-refractivity contribution in [1.29, 1.82) is 0 Å². The fourth-order valence-corrected chi connectivity index (χ4v) is 1.46. The third-order valence-electron chi connectivity index (χ3n) is 1.98. The lowest BCUT2D eigenvalue weighted by molar-refractivity contribution is -0.139. The molecule has 8 heteroatoms. The van der Waals surface area contributed by atoms with E-state index in [1.165, 1.54) is 18.2 Å². The highest BCUT2D eigenvalue weighted by molar-refractivity contribution is 6.34. The molecule has 0 amide bonds. The molecule has 0 unspecified atom stereocenters. The molecule has 0 saturated heterocycles. The van der Waals surface area contributed by atoms with Gasteiger partial charge in [-0.25, -0.2) is 0 Å². The summed E-state index contributed by atoms with van der Waals surface area (Å²) in [6.07, 6.45) is -5.41. The summed E-state index contributed by atoms with van der Waals surface area (Å²) < 4.78 is 40.8. The monoisotopic (exact) mass is 282 g/mol. The summed E-state index contributed by atoms with van der Waals surface area (Å²) in [7, 11) is 0. The van der Waals surface area contributed by atoms with Crippen LogP contribution in [0.25, 0.3) is 0 Å². The van der Waals surface area contributed by atoms with Gasteiger partial charge in [0.2, 0.25) is 0 Å². The molecule has 0 aliphatic carbocycles. The van der Waals surface area contributed by atoms with E-state index in [9.17, 15) is 13.2 Å². The molecule has 100 valence electrons. The van der Waals surface area contributed by atoms with Crippen LogP contribution in [0.2, 0.25) is 5.02 Å². The number of nitrogens with two attached hydrogens (primary N) is 1. The van der Waals surface area contributed by atoms with E-state index in [0.717, 1.165) is 0 Å². The van der Waals surface area contributed by atoms with Crippen LogP contribution < -0.4 is 10.5 Å². The van der Waals surface area contributed by atoms with Crippen molar-refractivity contribution in [1.82, 2.24) is 0 Å². The van der Waals surface area contributed by atoms with Crippen molar-refractivity contribution < 1.29 is 23.1 Å². The van der Waals surface area contributed by atoms with Crippen LogP contribution in [-0.4, -0.2) is 23.8 Å². The smallest absolute Gasteiger partial charge is 0.392 e. The van der Waals surface area contributed by atoms with E-state index < -0.39 is 19.2 Å². The zero-order valence-electron chi connectivity index (χ0n) is 9.04. The van der Waals surface area contributed by atoms with Crippen molar-refractivity contribution in [2.45, 2.75) is 12.6 Å². The molecule has 0 heterocycles. The second kappa shape index (κ2) is 5.81. The Labute approximate surface area is 106 Å². The summed E-state index contributed by atoms with van der Waals surface area (Å²) >= 11 is 5.80. The zero-order valence-corrected chi connectivity index (χ0v) is 9.79. The van der Waals surface area contributed by atoms with Gasteiger partial charge in [0, 0.05) is 0 Å². The third-order valence-corrected chi connectivity index (χ3v) is 2.30. The topological polar surface area (TPSA) is 67.8 Å². The number of oxime groups is 1. The summed E-state index contributed by atoms with van der Waals surface area (Å²) in [5.41, 5.74) is 5.43. The van der Waals surface area contributed by atoms with Crippen LogP contribution in [0.1, 0.15) is 12.0 Å². The van der Waals surface area contributed by atoms with E-state index in [4.69, 9.17) is 27.3 Å². The molecule has 0 saturated carbocycles. The van der Waals surface area contributed by atoms with Crippen LogP contribution in [0.5, 0.6) is 5.75 Å². The Morgan fingerprint density at radius 3 is 2.67 bits per heavy atom. The number of nitrogens with zero attached hydrogens (tertiary/aromatic N) is 1. The van der Waals surface area contributed by atoms with Crippen molar-refractivity contribution in [3.8, 4) is 5.75 Å². The van der Waals surface area contributed by atoms with E-state index in [-0.39, 0.29) is 22.2 Å². The van der Waals surface area contributed by atoms with Gasteiger partial charge in [-0.05, 0) is 12.1 Å². The first kappa shape index (κ1) is 14.4. The molecule has 3 N–H and O–H groups in total. The number of hydrogen-bond donors (Lipinski definition) is 2. The fraction of sp³-hybridized carbons (Fsp3) is 0.300. The molecule has 0 aliphatic heterocycles. The number of hydrogen-bond acceptors (Lipinski definition) is 3. The second-order valence-electron chi connectivity index (χ2n) is 3.31. The SMILES string of the molecule is N/C(=N/O)c1c(Cl)cccc1OCCC(F)(F)F. The van der Waals surface area contributed by atoms with Gasteiger partial charge in [-0.15, -0.1) is 0 Å². The van der Waals surface area contributed by atoms with Crippen LogP contribution >= 0.6 is 11.6 Å². The summed E-state index contributed by atoms with van der Waals surface area (Å²) in [4.78, 5) is 0. The lowest BCUT2D eigenvalue weighted by Crippen LogP contribution is -2.17. The third kappa shape index (κ3) is 3.99. The predicted octanol–water partition coefficient (Wildman–Crippen LogP) is 2.77. The van der Waals surface area contributed by atoms with Crippen LogP contribution in [0.15, 0.2) is 23.4 Å². The number of ether oxygens (including phenoxy) is 1. The molecule has 1 aromatic carbocycles. The Hall–Kier alpha value is -1.63. The largest absolute Gasteiger partial charge is 0.492 e. The molecule has 0 aliphatic rings. The maximum Gasteiger partial charge on any atom is 0.392 e. The first-order valence-corrected chi connectivity index (χ1v) is 5.19. The van der Waals surface area contributed by atoms with Crippen LogP contribution in [0.4, 0.5) is 13.2 Å². The Kier molecular flexibility index (Phi) is 4.66. The molecule has 0 fully saturated rings. The number of amidine groups is 1. The molecule has 0 bridgehead atoms. The van der Waals surface area contributed by atoms with E-state index in [2.05, 4.69) is 5.16 Å². The minimum absolute atomic E-state index is 0.0297. The van der Waals surface area contributed by atoms with Gasteiger partial charge in [-0.3, -0.25) is 0 Å². The molecule has 0 aromatic heterocycles. The van der Waals surface area contributed by atoms with Crippen LogP contribution in [-0.2, 0) is 0 Å². The van der Waals surface area contributed by atoms with E-state index in [1.54, 1.807) is 0 Å². The average Bonchev–Trinajstić information content (AvgIpc) is 2.26. The van der Waals surface area contributed by atoms with Crippen LogP contribution in [0.3, 0.4) is 0 Å². The standard InChI is InChI=1S/C10H10ClF3N2O2/c11-6-2-1-3-7(8(6)9(15)16-17)18-5-4-10(12,13)14/h1-3,17H,4-5H2,(H2,15,16). The van der Waals surface area contributed by atoms with Crippen molar-refractivity contribution in [2.75, 3.05) is 6.61 Å². The van der Waals surface area contributed by atoms with E-state index in [1.807, 2.05) is 0 Å². The molecule has 4 nitrogen and oxygen atoms in total. The summed E-state index contributed by atoms with van der Waals surface area (Å²) in [6.45, 7) is -0.574. The second-order valence-corrected chi connectivity index (χ2v) is 3.72.